The molecule has 1 aromatic heterocycles. The average Bonchev–Trinajstić information content (AvgIpc) is 2.57. The van der Waals surface area contributed by atoms with Gasteiger partial charge in [0.1, 0.15) is 6.33 Å². The first-order chi connectivity index (χ1) is 11.4. The van der Waals surface area contributed by atoms with Crippen molar-refractivity contribution in [1.82, 2.24) is 9.97 Å². The second kappa shape index (κ2) is 6.32. The number of hydrogen-bond acceptors (Lipinski definition) is 4. The van der Waals surface area contributed by atoms with Crippen molar-refractivity contribution in [2.75, 3.05) is 11.1 Å². The van der Waals surface area contributed by atoms with Gasteiger partial charge in [-0.15, -0.1) is 0 Å². The van der Waals surface area contributed by atoms with Crippen LogP contribution in [0, 0.1) is 0 Å². The van der Waals surface area contributed by atoms with Gasteiger partial charge in [0, 0.05) is 11.3 Å². The van der Waals surface area contributed by atoms with E-state index in [0.29, 0.717) is 11.5 Å². The summed E-state index contributed by atoms with van der Waals surface area (Å²) in [5.41, 5.74) is 11.1. The predicted molar refractivity (Wildman–Crippen MR) is 100 cm³/mol. The normalized spacial score (nSPS) is 11.3. The molecule has 0 spiro atoms. The maximum atomic E-state index is 5.97. The molecule has 0 aliphatic heterocycles. The summed E-state index contributed by atoms with van der Waals surface area (Å²) in [6, 6.07) is 16.8. The molecule has 24 heavy (non-hydrogen) atoms. The van der Waals surface area contributed by atoms with Crippen LogP contribution in [0.5, 0.6) is 0 Å². The standard InChI is InChI=1S/C20H22N4/c1-20(2,3)15-9-10-18(24-19-17(21)12-22-13-23-19)16(11-15)14-7-5-4-6-8-14/h4-13H,21H2,1-3H3,(H,22,23,24). The van der Waals surface area contributed by atoms with E-state index in [9.17, 15) is 0 Å². The molecule has 2 aromatic carbocycles. The Morgan fingerprint density at radius 1 is 1.00 bits per heavy atom. The lowest BCUT2D eigenvalue weighted by Crippen LogP contribution is -2.11. The summed E-state index contributed by atoms with van der Waals surface area (Å²) in [7, 11) is 0. The van der Waals surface area contributed by atoms with Crippen LogP contribution in [-0.4, -0.2) is 9.97 Å². The molecule has 122 valence electrons. The van der Waals surface area contributed by atoms with Crippen molar-refractivity contribution >= 4 is 17.2 Å². The third kappa shape index (κ3) is 3.38. The minimum atomic E-state index is 0.0794. The van der Waals surface area contributed by atoms with E-state index in [4.69, 9.17) is 5.73 Å². The monoisotopic (exact) mass is 318 g/mol. The van der Waals surface area contributed by atoms with Crippen LogP contribution in [0.1, 0.15) is 26.3 Å². The van der Waals surface area contributed by atoms with Gasteiger partial charge in [-0.1, -0.05) is 57.2 Å². The Labute approximate surface area is 142 Å². The second-order valence-electron chi connectivity index (χ2n) is 6.83. The number of nitrogen functional groups attached to an aromatic ring is 1. The van der Waals surface area contributed by atoms with Crippen LogP contribution < -0.4 is 11.1 Å². The van der Waals surface area contributed by atoms with Gasteiger partial charge in [-0.2, -0.15) is 0 Å². The molecule has 4 heteroatoms. The molecule has 0 bridgehead atoms. The molecular formula is C20H22N4. The number of rotatable bonds is 3. The number of aromatic nitrogens is 2. The summed E-state index contributed by atoms with van der Waals surface area (Å²) >= 11 is 0. The van der Waals surface area contributed by atoms with Crippen molar-refractivity contribution in [2.45, 2.75) is 26.2 Å². The van der Waals surface area contributed by atoms with Gasteiger partial charge in [0.2, 0.25) is 0 Å². The molecule has 0 amide bonds. The fourth-order valence-electron chi connectivity index (χ4n) is 2.55. The predicted octanol–water partition coefficient (Wildman–Crippen LogP) is 4.77. The summed E-state index contributed by atoms with van der Waals surface area (Å²) < 4.78 is 0. The summed E-state index contributed by atoms with van der Waals surface area (Å²) in [4.78, 5) is 8.17. The number of anilines is 3. The Balaban J connectivity index is 2.10. The highest BCUT2D eigenvalue weighted by atomic mass is 15.0. The Bertz CT molecular complexity index is 836. The van der Waals surface area contributed by atoms with Crippen LogP contribution in [0.3, 0.4) is 0 Å². The van der Waals surface area contributed by atoms with Crippen LogP contribution in [-0.2, 0) is 5.41 Å². The molecule has 0 atom stereocenters. The van der Waals surface area contributed by atoms with Gasteiger partial charge in [0.25, 0.3) is 0 Å². The van der Waals surface area contributed by atoms with E-state index in [1.807, 2.05) is 18.2 Å². The van der Waals surface area contributed by atoms with E-state index in [0.717, 1.165) is 16.8 Å². The lowest BCUT2D eigenvalue weighted by Gasteiger charge is -2.22. The van der Waals surface area contributed by atoms with Crippen LogP contribution in [0.4, 0.5) is 17.2 Å². The van der Waals surface area contributed by atoms with Crippen molar-refractivity contribution in [3.63, 3.8) is 0 Å². The zero-order chi connectivity index (χ0) is 17.2. The fourth-order valence-corrected chi connectivity index (χ4v) is 2.55. The zero-order valence-corrected chi connectivity index (χ0v) is 14.2. The third-order valence-corrected chi connectivity index (χ3v) is 3.96. The lowest BCUT2D eigenvalue weighted by molar-refractivity contribution is 0.590. The Hall–Kier alpha value is -2.88. The second-order valence-corrected chi connectivity index (χ2v) is 6.83. The highest BCUT2D eigenvalue weighted by Gasteiger charge is 2.17. The highest BCUT2D eigenvalue weighted by molar-refractivity contribution is 5.83. The van der Waals surface area contributed by atoms with Gasteiger partial charge in [0.05, 0.1) is 11.9 Å². The first-order valence-electron chi connectivity index (χ1n) is 7.97. The van der Waals surface area contributed by atoms with Crippen LogP contribution in [0.15, 0.2) is 61.1 Å². The minimum Gasteiger partial charge on any atom is -0.394 e. The van der Waals surface area contributed by atoms with E-state index < -0.39 is 0 Å². The lowest BCUT2D eigenvalue weighted by atomic mass is 9.85. The van der Waals surface area contributed by atoms with Crippen molar-refractivity contribution in [3.05, 3.63) is 66.6 Å². The van der Waals surface area contributed by atoms with Gasteiger partial charge >= 0.3 is 0 Å². The minimum absolute atomic E-state index is 0.0794. The summed E-state index contributed by atoms with van der Waals surface area (Å²) in [6.45, 7) is 6.64. The topological polar surface area (TPSA) is 63.8 Å². The van der Waals surface area contributed by atoms with E-state index >= 15 is 0 Å². The SMILES string of the molecule is CC(C)(C)c1ccc(Nc2ncncc2N)c(-c2ccccc2)c1. The molecule has 0 aliphatic carbocycles. The average molecular weight is 318 g/mol. The molecular weight excluding hydrogens is 296 g/mol. The molecule has 0 aliphatic rings. The van der Waals surface area contributed by atoms with Crippen molar-refractivity contribution < 1.29 is 0 Å². The van der Waals surface area contributed by atoms with Crippen LogP contribution in [0.2, 0.25) is 0 Å². The zero-order valence-electron chi connectivity index (χ0n) is 14.2. The van der Waals surface area contributed by atoms with Gasteiger partial charge in [0.15, 0.2) is 5.82 Å². The van der Waals surface area contributed by atoms with Gasteiger partial charge in [-0.3, -0.25) is 0 Å². The number of hydrogen-bond donors (Lipinski definition) is 2. The molecule has 0 fully saturated rings. The summed E-state index contributed by atoms with van der Waals surface area (Å²) in [5, 5.41) is 3.34. The maximum absolute atomic E-state index is 5.97. The highest BCUT2D eigenvalue weighted by Crippen LogP contribution is 2.35. The van der Waals surface area contributed by atoms with Crippen molar-refractivity contribution in [3.8, 4) is 11.1 Å². The number of benzene rings is 2. The Morgan fingerprint density at radius 2 is 1.75 bits per heavy atom. The largest absolute Gasteiger partial charge is 0.394 e. The van der Waals surface area contributed by atoms with Gasteiger partial charge in [-0.25, -0.2) is 9.97 Å². The van der Waals surface area contributed by atoms with Crippen LogP contribution >= 0.6 is 0 Å². The van der Waals surface area contributed by atoms with Crippen molar-refractivity contribution in [1.29, 1.82) is 0 Å². The smallest absolute Gasteiger partial charge is 0.157 e. The van der Waals surface area contributed by atoms with Crippen LogP contribution in [0.25, 0.3) is 11.1 Å². The molecule has 3 N–H and O–H groups in total. The van der Waals surface area contributed by atoms with E-state index in [1.165, 1.54) is 11.9 Å². The molecule has 0 unspecified atom stereocenters. The van der Waals surface area contributed by atoms with E-state index in [2.05, 4.69) is 66.4 Å². The first kappa shape index (κ1) is 16.0. The van der Waals surface area contributed by atoms with Crippen molar-refractivity contribution in [2.24, 2.45) is 0 Å². The third-order valence-electron chi connectivity index (χ3n) is 3.96. The molecule has 1 heterocycles. The summed E-state index contributed by atoms with van der Waals surface area (Å²) in [5.74, 6) is 0.616. The number of nitrogens with one attached hydrogen (secondary N) is 1. The van der Waals surface area contributed by atoms with E-state index in [-0.39, 0.29) is 5.41 Å². The first-order valence-corrected chi connectivity index (χ1v) is 7.97. The maximum Gasteiger partial charge on any atom is 0.157 e. The molecule has 4 nitrogen and oxygen atoms in total. The molecule has 0 saturated heterocycles. The molecule has 3 rings (SSSR count). The molecule has 0 saturated carbocycles. The summed E-state index contributed by atoms with van der Waals surface area (Å²) in [6.07, 6.45) is 3.09. The molecule has 3 aromatic rings. The van der Waals surface area contributed by atoms with Gasteiger partial charge in [-0.05, 0) is 28.7 Å². The van der Waals surface area contributed by atoms with E-state index in [1.54, 1.807) is 6.20 Å². The quantitative estimate of drug-likeness (QED) is 0.730. The Kier molecular flexibility index (Phi) is 4.21. The Morgan fingerprint density at radius 3 is 2.42 bits per heavy atom. The fraction of sp³-hybridized carbons (Fsp3) is 0.200. The van der Waals surface area contributed by atoms with Gasteiger partial charge < -0.3 is 11.1 Å². The molecule has 0 radical (unpaired) electrons. The number of nitrogens with two attached hydrogens (primary N) is 1. The number of nitrogens with zero attached hydrogens (tertiary/aromatic N) is 2.